The van der Waals surface area contributed by atoms with E-state index in [9.17, 15) is 0 Å². The van der Waals surface area contributed by atoms with Gasteiger partial charge in [0.2, 0.25) is 0 Å². The van der Waals surface area contributed by atoms with Crippen LogP contribution in [-0.2, 0) is 6.54 Å². The maximum atomic E-state index is 6.08. The van der Waals surface area contributed by atoms with Crippen molar-refractivity contribution in [3.8, 4) is 0 Å². The van der Waals surface area contributed by atoms with Gasteiger partial charge in [0.05, 0.1) is 29.0 Å². The van der Waals surface area contributed by atoms with Gasteiger partial charge in [0.25, 0.3) is 0 Å². The van der Waals surface area contributed by atoms with Gasteiger partial charge >= 0.3 is 0 Å². The van der Waals surface area contributed by atoms with Crippen molar-refractivity contribution in [1.82, 2.24) is 20.1 Å². The highest BCUT2D eigenvalue weighted by Crippen LogP contribution is 2.29. The van der Waals surface area contributed by atoms with Gasteiger partial charge in [-0.25, -0.2) is 5.43 Å². The minimum absolute atomic E-state index is 0.178. The molecule has 1 heterocycles. The SMILES string of the molecule is CN(C)CCn1ncc(Br)c1C(NN)c1cccc(Cl)c1. The Bertz CT molecular complexity index is 599. The third-order valence-corrected chi connectivity index (χ3v) is 4.06. The number of hydrazine groups is 1. The van der Waals surface area contributed by atoms with Crippen molar-refractivity contribution in [1.29, 1.82) is 0 Å². The average molecular weight is 373 g/mol. The van der Waals surface area contributed by atoms with Crippen LogP contribution in [0, 0.1) is 0 Å². The maximum absolute atomic E-state index is 6.08. The number of nitrogens with zero attached hydrogens (tertiary/aromatic N) is 3. The fourth-order valence-corrected chi connectivity index (χ4v) is 2.87. The van der Waals surface area contributed by atoms with Crippen LogP contribution in [-0.4, -0.2) is 35.3 Å². The van der Waals surface area contributed by atoms with Gasteiger partial charge in [0.1, 0.15) is 0 Å². The second-order valence-electron chi connectivity index (χ2n) is 5.06. The van der Waals surface area contributed by atoms with Crippen molar-refractivity contribution in [2.75, 3.05) is 20.6 Å². The fourth-order valence-electron chi connectivity index (χ4n) is 2.15. The van der Waals surface area contributed by atoms with Crippen LogP contribution >= 0.6 is 27.5 Å². The lowest BCUT2D eigenvalue weighted by Gasteiger charge is -2.20. The topological polar surface area (TPSA) is 59.1 Å². The van der Waals surface area contributed by atoms with Crippen molar-refractivity contribution in [3.63, 3.8) is 0 Å². The zero-order chi connectivity index (χ0) is 15.4. The Labute approximate surface area is 138 Å². The Morgan fingerprint density at radius 2 is 2.24 bits per heavy atom. The Morgan fingerprint density at radius 1 is 1.48 bits per heavy atom. The molecule has 1 aromatic heterocycles. The van der Waals surface area contributed by atoms with Crippen LogP contribution in [0.2, 0.25) is 5.02 Å². The van der Waals surface area contributed by atoms with E-state index in [0.29, 0.717) is 5.02 Å². The first-order valence-electron chi connectivity index (χ1n) is 6.60. The molecule has 0 spiro atoms. The third kappa shape index (κ3) is 4.05. The normalized spacial score (nSPS) is 12.9. The first-order chi connectivity index (χ1) is 10.0. The summed E-state index contributed by atoms with van der Waals surface area (Å²) in [5, 5.41) is 5.10. The number of halogens is 2. The van der Waals surface area contributed by atoms with Gasteiger partial charge in [-0.05, 0) is 47.7 Å². The summed E-state index contributed by atoms with van der Waals surface area (Å²) < 4.78 is 2.87. The standard InChI is InChI=1S/C14H19BrClN5/c1-20(2)6-7-21-14(12(15)9-18-21)13(19-17)10-4-3-5-11(16)8-10/h3-5,8-9,13,19H,6-7,17H2,1-2H3. The van der Waals surface area contributed by atoms with Gasteiger partial charge < -0.3 is 4.90 Å². The molecule has 0 amide bonds. The van der Waals surface area contributed by atoms with Gasteiger partial charge in [-0.2, -0.15) is 5.10 Å². The first kappa shape index (κ1) is 16.5. The van der Waals surface area contributed by atoms with Gasteiger partial charge in [0.15, 0.2) is 0 Å². The van der Waals surface area contributed by atoms with Crippen molar-refractivity contribution in [2.24, 2.45) is 5.84 Å². The van der Waals surface area contributed by atoms with E-state index in [1.807, 2.05) is 43.0 Å². The van der Waals surface area contributed by atoms with Crippen LogP contribution in [0.5, 0.6) is 0 Å². The zero-order valence-corrected chi connectivity index (χ0v) is 14.4. The Kier molecular flexibility index (Phi) is 5.78. The van der Waals surface area contributed by atoms with Gasteiger partial charge in [-0.15, -0.1) is 0 Å². The molecular weight excluding hydrogens is 354 g/mol. The van der Waals surface area contributed by atoms with E-state index < -0.39 is 0 Å². The zero-order valence-electron chi connectivity index (χ0n) is 12.1. The molecular formula is C14H19BrClN5. The second-order valence-corrected chi connectivity index (χ2v) is 6.35. The molecule has 21 heavy (non-hydrogen) atoms. The van der Waals surface area contributed by atoms with E-state index in [0.717, 1.165) is 28.8 Å². The molecule has 0 aliphatic heterocycles. The summed E-state index contributed by atoms with van der Waals surface area (Å²) in [6, 6.07) is 7.48. The molecule has 0 bridgehead atoms. The van der Waals surface area contributed by atoms with E-state index in [2.05, 4.69) is 31.4 Å². The molecule has 3 N–H and O–H groups in total. The molecule has 0 aliphatic rings. The molecule has 2 aromatic rings. The lowest BCUT2D eigenvalue weighted by molar-refractivity contribution is 0.365. The fraction of sp³-hybridized carbons (Fsp3) is 0.357. The molecule has 0 fully saturated rings. The van der Waals surface area contributed by atoms with E-state index in [1.165, 1.54) is 0 Å². The molecule has 7 heteroatoms. The van der Waals surface area contributed by atoms with Gasteiger partial charge in [-0.1, -0.05) is 23.7 Å². The smallest absolute Gasteiger partial charge is 0.0890 e. The molecule has 2 rings (SSSR count). The number of rotatable bonds is 6. The molecule has 114 valence electrons. The summed E-state index contributed by atoms with van der Waals surface area (Å²) in [6.45, 7) is 1.68. The van der Waals surface area contributed by atoms with E-state index in [4.69, 9.17) is 17.4 Å². The lowest BCUT2D eigenvalue weighted by Crippen LogP contribution is -2.32. The van der Waals surface area contributed by atoms with Gasteiger partial charge in [0, 0.05) is 11.6 Å². The largest absolute Gasteiger partial charge is 0.308 e. The molecule has 1 unspecified atom stereocenters. The van der Waals surface area contributed by atoms with E-state index >= 15 is 0 Å². The first-order valence-corrected chi connectivity index (χ1v) is 7.77. The van der Waals surface area contributed by atoms with Crippen molar-refractivity contribution in [2.45, 2.75) is 12.6 Å². The molecule has 0 aliphatic carbocycles. The van der Waals surface area contributed by atoms with Crippen LogP contribution < -0.4 is 11.3 Å². The van der Waals surface area contributed by atoms with Crippen LogP contribution in [0.25, 0.3) is 0 Å². The third-order valence-electron chi connectivity index (χ3n) is 3.21. The summed E-state index contributed by atoms with van der Waals surface area (Å²) in [4.78, 5) is 2.11. The Hall–Kier alpha value is -0.920. The highest BCUT2D eigenvalue weighted by Gasteiger charge is 2.21. The minimum Gasteiger partial charge on any atom is -0.308 e. The monoisotopic (exact) mass is 371 g/mol. The predicted molar refractivity (Wildman–Crippen MR) is 89.1 cm³/mol. The number of aromatic nitrogens is 2. The predicted octanol–water partition coefficient (Wildman–Crippen LogP) is 2.41. The van der Waals surface area contributed by atoms with Crippen LogP contribution in [0.3, 0.4) is 0 Å². The van der Waals surface area contributed by atoms with Crippen molar-refractivity contribution >= 4 is 27.5 Å². The summed E-state index contributed by atoms with van der Waals surface area (Å²) in [5.74, 6) is 5.77. The van der Waals surface area contributed by atoms with Crippen LogP contribution in [0.4, 0.5) is 0 Å². The van der Waals surface area contributed by atoms with Crippen molar-refractivity contribution < 1.29 is 0 Å². The molecule has 1 atom stereocenters. The summed E-state index contributed by atoms with van der Waals surface area (Å²) >= 11 is 9.64. The molecule has 0 radical (unpaired) electrons. The molecule has 0 saturated carbocycles. The number of nitrogens with one attached hydrogen (secondary N) is 1. The molecule has 5 nitrogen and oxygen atoms in total. The van der Waals surface area contributed by atoms with Crippen LogP contribution in [0.15, 0.2) is 34.9 Å². The maximum Gasteiger partial charge on any atom is 0.0890 e. The highest BCUT2D eigenvalue weighted by atomic mass is 79.9. The number of hydrogen-bond acceptors (Lipinski definition) is 4. The van der Waals surface area contributed by atoms with E-state index in [1.54, 1.807) is 6.20 Å². The molecule has 1 aromatic carbocycles. The quantitative estimate of drug-likeness (QED) is 0.604. The summed E-state index contributed by atoms with van der Waals surface area (Å²) in [5.41, 5.74) is 4.84. The minimum atomic E-state index is -0.178. The highest BCUT2D eigenvalue weighted by molar-refractivity contribution is 9.10. The lowest BCUT2D eigenvalue weighted by atomic mass is 10.0. The van der Waals surface area contributed by atoms with E-state index in [-0.39, 0.29) is 6.04 Å². The summed E-state index contributed by atoms with van der Waals surface area (Å²) in [7, 11) is 4.07. The average Bonchev–Trinajstić information content (AvgIpc) is 2.79. The van der Waals surface area contributed by atoms with Crippen molar-refractivity contribution in [3.05, 3.63) is 51.2 Å². The van der Waals surface area contributed by atoms with Crippen LogP contribution in [0.1, 0.15) is 17.3 Å². The summed E-state index contributed by atoms with van der Waals surface area (Å²) in [6.07, 6.45) is 1.79. The number of nitrogens with two attached hydrogens (primary N) is 1. The number of benzene rings is 1. The number of likely N-dealkylation sites (N-methyl/N-ethyl adjacent to an activating group) is 1. The van der Waals surface area contributed by atoms with Gasteiger partial charge in [-0.3, -0.25) is 10.5 Å². The number of hydrogen-bond donors (Lipinski definition) is 2. The Morgan fingerprint density at radius 3 is 2.86 bits per heavy atom. The second kappa shape index (κ2) is 7.38. The molecule has 0 saturated heterocycles. The Balaban J connectivity index is 2.35.